The minimum atomic E-state index is -1.18. The summed E-state index contributed by atoms with van der Waals surface area (Å²) in [5.74, 6) is 0. The molecule has 0 rings (SSSR count). The van der Waals surface area contributed by atoms with Gasteiger partial charge in [-0.2, -0.15) is 0 Å². The Morgan fingerprint density at radius 3 is 2.56 bits per heavy atom. The largest absolute Gasteiger partial charge is 0.356 e. The van der Waals surface area contributed by atoms with E-state index in [2.05, 4.69) is 21.2 Å². The molecule has 0 aliphatic heterocycles. The van der Waals surface area contributed by atoms with E-state index in [0.29, 0.717) is 0 Å². The quantitative estimate of drug-likeness (QED) is 0.433. The maximum absolute atomic E-state index is 8.63. The van der Waals surface area contributed by atoms with Crippen molar-refractivity contribution in [2.24, 2.45) is 4.99 Å². The second kappa shape index (κ2) is 4.43. The fourth-order valence-electron chi connectivity index (χ4n) is 0.270. The van der Waals surface area contributed by atoms with Gasteiger partial charge in [-0.25, -0.2) is 4.99 Å². The summed E-state index contributed by atoms with van der Waals surface area (Å²) in [5.41, 5.74) is 0. The smallest absolute Gasteiger partial charge is 0.257 e. The number of aliphatic hydroxyl groups excluding tert-OH is 1. The van der Waals surface area contributed by atoms with Crippen molar-refractivity contribution in [2.75, 3.05) is 7.11 Å². The highest BCUT2D eigenvalue weighted by molar-refractivity contribution is 5.23. The van der Waals surface area contributed by atoms with Crippen LogP contribution in [0, 0.1) is 0 Å². The number of aliphatic hydroxyl groups is 1. The minimum absolute atomic E-state index is 0.453. The Hall–Kier alpha value is -0.450. The van der Waals surface area contributed by atoms with Crippen LogP contribution in [0.3, 0.4) is 0 Å². The van der Waals surface area contributed by atoms with E-state index >= 15 is 0 Å². The molecule has 4 nitrogen and oxygen atoms in total. The van der Waals surface area contributed by atoms with Crippen LogP contribution in [-0.4, -0.2) is 31.6 Å². The highest BCUT2D eigenvalue weighted by Gasteiger charge is 2.03. The van der Waals surface area contributed by atoms with Gasteiger partial charge >= 0.3 is 0 Å². The molecule has 0 aromatic heterocycles. The predicted octanol–water partition coefficient (Wildman–Crippen LogP) is -0.0281. The molecule has 2 atom stereocenters. The molecule has 0 heterocycles. The third kappa shape index (κ3) is 4.08. The summed E-state index contributed by atoms with van der Waals surface area (Å²) in [4.78, 5) is 3.18. The topological polar surface area (TPSA) is 51.1 Å². The highest BCUT2D eigenvalue weighted by atomic mass is 16.7. The molecule has 0 aromatic carbocycles. The van der Waals surface area contributed by atoms with Crippen molar-refractivity contribution in [3.63, 3.8) is 0 Å². The monoisotopic (exact) mass is 133 g/mol. The van der Waals surface area contributed by atoms with Gasteiger partial charge in [0.15, 0.2) is 6.29 Å². The second-order valence-corrected chi connectivity index (χ2v) is 1.45. The van der Waals surface area contributed by atoms with Gasteiger partial charge in [-0.05, 0) is 13.6 Å². The number of hydrogen-bond acceptors (Lipinski definition) is 4. The molecule has 0 radical (unpaired) electrons. The van der Waals surface area contributed by atoms with Crippen LogP contribution in [0.2, 0.25) is 0 Å². The van der Waals surface area contributed by atoms with E-state index in [0.717, 1.165) is 0 Å². The standard InChI is InChI=1S/C5H11NO3/c1-4(8-3)9-5(7)6-2/h4-5,7H,2H2,1,3H3. The lowest BCUT2D eigenvalue weighted by molar-refractivity contribution is -0.206. The van der Waals surface area contributed by atoms with E-state index in [1.807, 2.05) is 0 Å². The Morgan fingerprint density at radius 2 is 2.22 bits per heavy atom. The summed E-state index contributed by atoms with van der Waals surface area (Å²) < 4.78 is 9.31. The number of aliphatic imine (C=N–C) groups is 1. The summed E-state index contributed by atoms with van der Waals surface area (Å²) in [6.07, 6.45) is -1.63. The molecule has 0 amide bonds. The van der Waals surface area contributed by atoms with E-state index in [1.165, 1.54) is 7.11 Å². The van der Waals surface area contributed by atoms with Gasteiger partial charge in [-0.3, -0.25) is 0 Å². The SMILES string of the molecule is C=NC(O)OC(C)OC. The first-order valence-electron chi connectivity index (χ1n) is 2.53. The normalized spacial score (nSPS) is 16.8. The molecule has 9 heavy (non-hydrogen) atoms. The van der Waals surface area contributed by atoms with Crippen LogP contribution in [0.15, 0.2) is 4.99 Å². The third-order valence-electron chi connectivity index (χ3n) is 0.801. The number of nitrogens with zero attached hydrogens (tertiary/aromatic N) is 1. The summed E-state index contributed by atoms with van der Waals surface area (Å²) in [7, 11) is 1.47. The van der Waals surface area contributed by atoms with E-state index in [9.17, 15) is 0 Å². The summed E-state index contributed by atoms with van der Waals surface area (Å²) >= 11 is 0. The maximum Gasteiger partial charge on any atom is 0.257 e. The fraction of sp³-hybridized carbons (Fsp3) is 0.800. The maximum atomic E-state index is 8.63. The first-order chi connectivity index (χ1) is 4.20. The van der Waals surface area contributed by atoms with E-state index in [1.54, 1.807) is 6.92 Å². The van der Waals surface area contributed by atoms with Crippen LogP contribution < -0.4 is 0 Å². The van der Waals surface area contributed by atoms with Crippen LogP contribution in [0.4, 0.5) is 0 Å². The Labute approximate surface area is 54.1 Å². The summed E-state index contributed by atoms with van der Waals surface area (Å²) in [5, 5.41) is 8.63. The van der Waals surface area contributed by atoms with E-state index in [4.69, 9.17) is 5.11 Å². The van der Waals surface area contributed by atoms with Crippen LogP contribution in [0.25, 0.3) is 0 Å². The first kappa shape index (κ1) is 8.55. The zero-order valence-electron chi connectivity index (χ0n) is 5.57. The number of ether oxygens (including phenoxy) is 2. The van der Waals surface area contributed by atoms with Gasteiger partial charge in [0.05, 0.1) is 0 Å². The Morgan fingerprint density at radius 1 is 1.67 bits per heavy atom. The number of hydrogen-bond donors (Lipinski definition) is 1. The molecule has 0 aromatic rings. The van der Waals surface area contributed by atoms with Gasteiger partial charge in [0.25, 0.3) is 6.41 Å². The number of methoxy groups -OCH3 is 1. The minimum Gasteiger partial charge on any atom is -0.356 e. The molecular formula is C5H11NO3. The van der Waals surface area contributed by atoms with Crippen molar-refractivity contribution >= 4 is 6.72 Å². The molecule has 2 unspecified atom stereocenters. The van der Waals surface area contributed by atoms with Gasteiger partial charge < -0.3 is 14.6 Å². The Kier molecular flexibility index (Phi) is 4.21. The zero-order valence-corrected chi connectivity index (χ0v) is 5.57. The van der Waals surface area contributed by atoms with Gasteiger partial charge in [0.2, 0.25) is 0 Å². The van der Waals surface area contributed by atoms with Crippen molar-refractivity contribution < 1.29 is 14.6 Å². The lowest BCUT2D eigenvalue weighted by Crippen LogP contribution is -2.18. The zero-order chi connectivity index (χ0) is 7.28. The summed E-state index contributed by atoms with van der Waals surface area (Å²) in [6, 6.07) is 0. The number of rotatable bonds is 4. The van der Waals surface area contributed by atoms with Crippen LogP contribution in [-0.2, 0) is 9.47 Å². The van der Waals surface area contributed by atoms with Crippen molar-refractivity contribution in [3.05, 3.63) is 0 Å². The predicted molar refractivity (Wildman–Crippen MR) is 33.1 cm³/mol. The lowest BCUT2D eigenvalue weighted by Gasteiger charge is -2.11. The molecule has 0 aliphatic rings. The average molecular weight is 133 g/mol. The molecule has 0 saturated heterocycles. The fourth-order valence-corrected chi connectivity index (χ4v) is 0.270. The molecule has 1 N–H and O–H groups in total. The molecule has 54 valence electrons. The van der Waals surface area contributed by atoms with E-state index < -0.39 is 12.7 Å². The van der Waals surface area contributed by atoms with Crippen molar-refractivity contribution in [1.82, 2.24) is 0 Å². The molecule has 0 bridgehead atoms. The van der Waals surface area contributed by atoms with Gasteiger partial charge in [0, 0.05) is 7.11 Å². The molecular weight excluding hydrogens is 122 g/mol. The van der Waals surface area contributed by atoms with Gasteiger partial charge in [-0.1, -0.05) is 0 Å². The van der Waals surface area contributed by atoms with Crippen molar-refractivity contribution in [2.45, 2.75) is 19.6 Å². The molecule has 0 spiro atoms. The lowest BCUT2D eigenvalue weighted by atomic mass is 10.7. The molecule has 0 aliphatic carbocycles. The van der Waals surface area contributed by atoms with Crippen LogP contribution in [0.1, 0.15) is 6.92 Å². The summed E-state index contributed by atoms with van der Waals surface area (Å²) in [6.45, 7) is 4.71. The van der Waals surface area contributed by atoms with Crippen molar-refractivity contribution in [3.8, 4) is 0 Å². The molecule has 4 heteroatoms. The molecule has 0 fully saturated rings. The van der Waals surface area contributed by atoms with E-state index in [-0.39, 0.29) is 0 Å². The average Bonchev–Trinajstić information content (AvgIpc) is 1.87. The van der Waals surface area contributed by atoms with Gasteiger partial charge in [-0.15, -0.1) is 0 Å². The van der Waals surface area contributed by atoms with Crippen LogP contribution in [0.5, 0.6) is 0 Å². The highest BCUT2D eigenvalue weighted by Crippen LogP contribution is 1.95. The Bertz CT molecular complexity index is 86.3. The van der Waals surface area contributed by atoms with Gasteiger partial charge in [0.1, 0.15) is 0 Å². The molecule has 0 saturated carbocycles. The first-order valence-corrected chi connectivity index (χ1v) is 2.53. The Balaban J connectivity index is 3.33. The van der Waals surface area contributed by atoms with Crippen LogP contribution >= 0.6 is 0 Å². The van der Waals surface area contributed by atoms with Crippen molar-refractivity contribution in [1.29, 1.82) is 0 Å². The third-order valence-corrected chi connectivity index (χ3v) is 0.801. The second-order valence-electron chi connectivity index (χ2n) is 1.45.